The van der Waals surface area contributed by atoms with Crippen LogP contribution in [0.5, 0.6) is 5.75 Å². The number of hydrogen-bond acceptors (Lipinski definition) is 4. The van der Waals surface area contributed by atoms with Crippen molar-refractivity contribution in [2.45, 2.75) is 19.5 Å². The molecule has 6 heteroatoms. The minimum Gasteiger partial charge on any atom is -0.506 e. The first-order chi connectivity index (χ1) is 16.6. The summed E-state index contributed by atoms with van der Waals surface area (Å²) >= 11 is 5.89. The van der Waals surface area contributed by atoms with Crippen LogP contribution in [0.4, 0.5) is 0 Å². The molecular formula is C28H24ClN3O2. The average molecular weight is 470 g/mol. The SMILES string of the molecule is O=C(NN=Cc1ccc(CN2CCc3ccccc3C2)c2ccccc12)c1ccc(O)c(Cl)c1. The van der Waals surface area contributed by atoms with Gasteiger partial charge in [0, 0.05) is 30.8 Å². The Morgan fingerprint density at radius 2 is 1.76 bits per heavy atom. The van der Waals surface area contributed by atoms with Crippen LogP contribution in [0.3, 0.4) is 0 Å². The zero-order valence-corrected chi connectivity index (χ0v) is 19.3. The number of rotatable bonds is 5. The Bertz CT molecular complexity index is 1400. The van der Waals surface area contributed by atoms with Gasteiger partial charge < -0.3 is 5.11 Å². The van der Waals surface area contributed by atoms with Crippen molar-refractivity contribution < 1.29 is 9.90 Å². The maximum absolute atomic E-state index is 12.4. The molecule has 0 saturated heterocycles. The Labute approximate surface area is 203 Å². The van der Waals surface area contributed by atoms with Gasteiger partial charge in [0.05, 0.1) is 11.2 Å². The highest BCUT2D eigenvalue weighted by molar-refractivity contribution is 6.32. The standard InChI is InChI=1S/C28H24ClN3O2/c29-26-15-20(11-12-27(26)33)28(34)31-30-16-21-9-10-23(25-8-4-3-7-24(21)25)18-32-14-13-19-5-1-2-6-22(19)17-32/h1-12,15-16,33H,13-14,17-18H2,(H,31,34). The highest BCUT2D eigenvalue weighted by Gasteiger charge is 2.17. The van der Waals surface area contributed by atoms with Crippen molar-refractivity contribution >= 4 is 34.5 Å². The summed E-state index contributed by atoms with van der Waals surface area (Å²) < 4.78 is 0. The average Bonchev–Trinajstić information content (AvgIpc) is 2.86. The van der Waals surface area contributed by atoms with E-state index >= 15 is 0 Å². The topological polar surface area (TPSA) is 64.9 Å². The summed E-state index contributed by atoms with van der Waals surface area (Å²) in [6, 6.07) is 25.4. The zero-order chi connectivity index (χ0) is 23.5. The molecule has 4 aromatic rings. The number of hydrazone groups is 1. The summed E-state index contributed by atoms with van der Waals surface area (Å²) in [4.78, 5) is 14.8. The summed E-state index contributed by atoms with van der Waals surface area (Å²) in [6.45, 7) is 2.88. The smallest absolute Gasteiger partial charge is 0.271 e. The van der Waals surface area contributed by atoms with Gasteiger partial charge in [0.2, 0.25) is 0 Å². The second-order valence-electron chi connectivity index (χ2n) is 8.45. The van der Waals surface area contributed by atoms with Gasteiger partial charge in [-0.05, 0) is 52.1 Å². The highest BCUT2D eigenvalue weighted by atomic mass is 35.5. The van der Waals surface area contributed by atoms with E-state index in [0.717, 1.165) is 37.0 Å². The van der Waals surface area contributed by atoms with Crippen LogP contribution in [0.25, 0.3) is 10.8 Å². The Morgan fingerprint density at radius 3 is 2.59 bits per heavy atom. The summed E-state index contributed by atoms with van der Waals surface area (Å²) in [5.41, 5.74) is 7.91. The van der Waals surface area contributed by atoms with Gasteiger partial charge in [-0.25, -0.2) is 5.43 Å². The molecule has 1 aliphatic rings. The van der Waals surface area contributed by atoms with E-state index in [4.69, 9.17) is 11.6 Å². The number of carbonyl (C=O) groups excluding carboxylic acids is 1. The fourth-order valence-electron chi connectivity index (χ4n) is 4.44. The molecule has 1 amide bonds. The van der Waals surface area contributed by atoms with Gasteiger partial charge in [0.25, 0.3) is 5.91 Å². The number of amides is 1. The minimum absolute atomic E-state index is 0.0676. The number of fused-ring (bicyclic) bond motifs is 2. The quantitative estimate of drug-likeness (QED) is 0.299. The van der Waals surface area contributed by atoms with E-state index < -0.39 is 5.91 Å². The van der Waals surface area contributed by atoms with E-state index in [0.29, 0.717) is 5.56 Å². The van der Waals surface area contributed by atoms with Crippen LogP contribution in [-0.4, -0.2) is 28.7 Å². The van der Waals surface area contributed by atoms with Crippen molar-refractivity contribution in [1.29, 1.82) is 0 Å². The van der Waals surface area contributed by atoms with Crippen LogP contribution in [0.2, 0.25) is 5.02 Å². The zero-order valence-electron chi connectivity index (χ0n) is 18.5. The van der Waals surface area contributed by atoms with Crippen molar-refractivity contribution in [3.8, 4) is 5.75 Å². The minimum atomic E-state index is -0.399. The molecule has 0 saturated carbocycles. The predicted octanol–water partition coefficient (Wildman–Crippen LogP) is 5.52. The first-order valence-electron chi connectivity index (χ1n) is 11.2. The molecule has 5 nitrogen and oxygen atoms in total. The maximum Gasteiger partial charge on any atom is 0.271 e. The van der Waals surface area contributed by atoms with E-state index in [1.807, 2.05) is 12.1 Å². The van der Waals surface area contributed by atoms with E-state index in [9.17, 15) is 9.90 Å². The number of benzene rings is 4. The van der Waals surface area contributed by atoms with Crippen molar-refractivity contribution in [3.63, 3.8) is 0 Å². The molecule has 0 spiro atoms. The van der Waals surface area contributed by atoms with Gasteiger partial charge in [-0.2, -0.15) is 5.10 Å². The molecule has 5 rings (SSSR count). The third kappa shape index (κ3) is 4.67. The lowest BCUT2D eigenvalue weighted by molar-refractivity contribution is 0.0955. The fraction of sp³-hybridized carbons (Fsp3) is 0.143. The van der Waals surface area contributed by atoms with Crippen molar-refractivity contribution in [2.75, 3.05) is 6.54 Å². The largest absolute Gasteiger partial charge is 0.506 e. The second-order valence-corrected chi connectivity index (χ2v) is 8.86. The van der Waals surface area contributed by atoms with E-state index in [1.54, 1.807) is 6.21 Å². The molecule has 0 unspecified atom stereocenters. The molecule has 170 valence electrons. The van der Waals surface area contributed by atoms with Gasteiger partial charge in [-0.3, -0.25) is 9.69 Å². The van der Waals surface area contributed by atoms with Gasteiger partial charge in [-0.1, -0.05) is 72.3 Å². The van der Waals surface area contributed by atoms with E-state index in [1.165, 1.54) is 40.3 Å². The Hall–Kier alpha value is -3.67. The Morgan fingerprint density at radius 1 is 1.00 bits per heavy atom. The van der Waals surface area contributed by atoms with Crippen molar-refractivity contribution in [1.82, 2.24) is 10.3 Å². The number of aromatic hydroxyl groups is 1. The molecular weight excluding hydrogens is 446 g/mol. The normalized spacial score (nSPS) is 13.8. The number of carbonyl (C=O) groups is 1. The third-order valence-electron chi connectivity index (χ3n) is 6.23. The number of hydrogen-bond donors (Lipinski definition) is 2. The molecule has 0 aromatic heterocycles. The van der Waals surface area contributed by atoms with Gasteiger partial charge in [0.1, 0.15) is 5.75 Å². The van der Waals surface area contributed by atoms with Crippen molar-refractivity contribution in [2.24, 2.45) is 5.10 Å². The predicted molar refractivity (Wildman–Crippen MR) is 136 cm³/mol. The van der Waals surface area contributed by atoms with Gasteiger partial charge in [-0.15, -0.1) is 0 Å². The lowest BCUT2D eigenvalue weighted by Gasteiger charge is -2.29. The molecule has 34 heavy (non-hydrogen) atoms. The number of phenols is 1. The Kier molecular flexibility index (Phi) is 6.30. The van der Waals surface area contributed by atoms with Gasteiger partial charge >= 0.3 is 0 Å². The molecule has 4 aromatic carbocycles. The fourth-order valence-corrected chi connectivity index (χ4v) is 4.62. The molecule has 0 atom stereocenters. The maximum atomic E-state index is 12.4. The first-order valence-corrected chi connectivity index (χ1v) is 11.6. The lowest BCUT2D eigenvalue weighted by atomic mass is 9.97. The van der Waals surface area contributed by atoms with Crippen molar-refractivity contribution in [3.05, 3.63) is 112 Å². The summed E-state index contributed by atoms with van der Waals surface area (Å²) in [5, 5.41) is 16.1. The van der Waals surface area contributed by atoms with E-state index in [2.05, 4.69) is 64.0 Å². The number of nitrogens with zero attached hydrogens (tertiary/aromatic N) is 2. The highest BCUT2D eigenvalue weighted by Crippen LogP contribution is 2.26. The monoisotopic (exact) mass is 469 g/mol. The van der Waals surface area contributed by atoms with Gasteiger partial charge in [0.15, 0.2) is 0 Å². The van der Waals surface area contributed by atoms with Crippen LogP contribution < -0.4 is 5.43 Å². The van der Waals surface area contributed by atoms with E-state index in [-0.39, 0.29) is 10.8 Å². The Balaban J connectivity index is 1.33. The second kappa shape index (κ2) is 9.67. The lowest BCUT2D eigenvalue weighted by Crippen LogP contribution is -2.30. The van der Waals surface area contributed by atoms with Crippen LogP contribution in [0.1, 0.15) is 32.6 Å². The number of nitrogens with one attached hydrogen (secondary N) is 1. The molecule has 1 aliphatic heterocycles. The summed E-state index contributed by atoms with van der Waals surface area (Å²) in [5.74, 6) is -0.466. The summed E-state index contributed by atoms with van der Waals surface area (Å²) in [6.07, 6.45) is 2.73. The molecule has 0 fully saturated rings. The number of phenolic OH excluding ortho intramolecular Hbond substituents is 1. The third-order valence-corrected chi connectivity index (χ3v) is 6.53. The molecule has 2 N–H and O–H groups in total. The molecule has 0 bridgehead atoms. The van der Waals surface area contributed by atoms with Crippen LogP contribution in [-0.2, 0) is 19.5 Å². The van der Waals surface area contributed by atoms with Crippen LogP contribution in [0.15, 0.2) is 84.0 Å². The van der Waals surface area contributed by atoms with Crippen LogP contribution in [0, 0.1) is 0 Å². The molecule has 0 aliphatic carbocycles. The first kappa shape index (κ1) is 22.1. The number of halogens is 1. The molecule has 0 radical (unpaired) electrons. The summed E-state index contributed by atoms with van der Waals surface area (Å²) in [7, 11) is 0. The molecule has 1 heterocycles. The van der Waals surface area contributed by atoms with Crippen LogP contribution >= 0.6 is 11.6 Å².